The van der Waals surface area contributed by atoms with Crippen LogP contribution in [0.4, 0.5) is 18.9 Å². The van der Waals surface area contributed by atoms with Crippen LogP contribution in [-0.2, 0) is 0 Å². The number of piperidine rings is 1. The second-order valence-electron chi connectivity index (χ2n) is 11.2. The second kappa shape index (κ2) is 16.4. The number of anilines is 1. The van der Waals surface area contributed by atoms with E-state index in [9.17, 15) is 23.4 Å². The molecule has 0 bridgehead atoms. The number of nitrogens with zero attached hydrogens (tertiary/aromatic N) is 1. The van der Waals surface area contributed by atoms with Gasteiger partial charge >= 0.3 is 6.36 Å². The van der Waals surface area contributed by atoms with Crippen LogP contribution in [0.2, 0.25) is 0 Å². The molecule has 0 aliphatic carbocycles. The Morgan fingerprint density at radius 2 is 1.13 bits per heavy atom. The van der Waals surface area contributed by atoms with E-state index in [1.54, 1.807) is 12.1 Å². The van der Waals surface area contributed by atoms with E-state index in [4.69, 9.17) is 24.4 Å². The van der Waals surface area contributed by atoms with Crippen LogP contribution < -0.4 is 23.8 Å². The highest BCUT2D eigenvalue weighted by Crippen LogP contribution is 2.28. The number of aliphatic hydroxyl groups excluding tert-OH is 2. The fourth-order valence-corrected chi connectivity index (χ4v) is 4.26. The molecule has 0 spiro atoms. The number of hydrogen-bond donors (Lipinski definition) is 4. The van der Waals surface area contributed by atoms with E-state index in [1.165, 1.54) is 38.1 Å². The molecule has 248 valence electrons. The molecule has 0 saturated carbocycles. The maximum atomic E-state index is 12.2. The zero-order chi connectivity index (χ0) is 33.1. The molecule has 4 N–H and O–H groups in total. The minimum Gasteiger partial charge on any atom is -0.491 e. The largest absolute Gasteiger partial charge is 0.573 e. The molecule has 9 nitrogen and oxygen atoms in total. The maximum Gasteiger partial charge on any atom is 0.573 e. The average molecular weight is 703 g/mol. The number of benzene rings is 3. The normalized spacial score (nSPS) is 16.4. The zero-order valence-electron chi connectivity index (χ0n) is 25.0. The van der Waals surface area contributed by atoms with Gasteiger partial charge in [0.15, 0.2) is 0 Å². The first kappa shape index (κ1) is 36.2. The molecule has 1 aliphatic rings. The summed E-state index contributed by atoms with van der Waals surface area (Å²) >= 11 is 3.30. The van der Waals surface area contributed by atoms with Crippen LogP contribution in [0.25, 0.3) is 0 Å². The van der Waals surface area contributed by atoms with Gasteiger partial charge in [0.1, 0.15) is 53.5 Å². The first-order valence-electron chi connectivity index (χ1n) is 14.2. The van der Waals surface area contributed by atoms with Crippen LogP contribution in [0.15, 0.2) is 77.3 Å². The summed E-state index contributed by atoms with van der Waals surface area (Å²) in [5.41, 5.74) is -1.44. The Hall–Kier alpha value is -3.23. The maximum absolute atomic E-state index is 12.2. The summed E-state index contributed by atoms with van der Waals surface area (Å²) in [5.74, 6) is 1.51. The van der Waals surface area contributed by atoms with E-state index >= 15 is 0 Å². The first-order valence-corrected chi connectivity index (χ1v) is 15.0. The SMILES string of the molecule is C[C@@](O)(CO)COc1ccc(Br)cc1.C[C@@](O)(CO)COc1ccc(N2CCC(Oc3ccc(OC(F)(F)F)cc3)CC2)cc1. The molecule has 4 rings (SSSR count). The van der Waals surface area contributed by atoms with Crippen LogP contribution in [0.5, 0.6) is 23.0 Å². The highest BCUT2D eigenvalue weighted by molar-refractivity contribution is 9.10. The van der Waals surface area contributed by atoms with Crippen molar-refractivity contribution in [3.8, 4) is 23.0 Å². The van der Waals surface area contributed by atoms with E-state index in [0.29, 0.717) is 17.2 Å². The van der Waals surface area contributed by atoms with Gasteiger partial charge in [-0.25, -0.2) is 0 Å². The third-order valence-electron chi connectivity index (χ3n) is 6.60. The van der Waals surface area contributed by atoms with Gasteiger partial charge in [-0.2, -0.15) is 0 Å². The Morgan fingerprint density at radius 3 is 1.58 bits per heavy atom. The molecule has 3 aromatic carbocycles. The molecule has 2 atom stereocenters. The summed E-state index contributed by atoms with van der Waals surface area (Å²) in [5, 5.41) is 37.1. The van der Waals surface area contributed by atoms with Gasteiger partial charge < -0.3 is 44.3 Å². The summed E-state index contributed by atoms with van der Waals surface area (Å²) in [4.78, 5) is 2.22. The summed E-state index contributed by atoms with van der Waals surface area (Å²) in [6, 6.07) is 20.2. The topological polar surface area (TPSA) is 121 Å². The Morgan fingerprint density at radius 1 is 0.711 bits per heavy atom. The summed E-state index contributed by atoms with van der Waals surface area (Å²) < 4.78 is 58.2. The average Bonchev–Trinajstić information content (AvgIpc) is 3.01. The molecule has 1 heterocycles. The molecule has 0 unspecified atom stereocenters. The Balaban J connectivity index is 0.000000330. The fraction of sp³-hybridized carbons (Fsp3) is 0.438. The predicted molar refractivity (Wildman–Crippen MR) is 166 cm³/mol. The Labute approximate surface area is 268 Å². The lowest BCUT2D eigenvalue weighted by molar-refractivity contribution is -0.274. The number of rotatable bonds is 12. The molecule has 0 amide bonds. The van der Waals surface area contributed by atoms with Crippen LogP contribution in [0.1, 0.15) is 26.7 Å². The molecule has 3 aromatic rings. The molecule has 0 aromatic heterocycles. The van der Waals surface area contributed by atoms with Gasteiger partial charge in [-0.1, -0.05) is 15.9 Å². The Bertz CT molecular complexity index is 1280. The predicted octanol–water partition coefficient (Wildman–Crippen LogP) is 5.33. The van der Waals surface area contributed by atoms with Crippen molar-refractivity contribution >= 4 is 21.6 Å². The number of alkyl halides is 3. The third-order valence-corrected chi connectivity index (χ3v) is 7.13. The number of halogens is 4. The first-order chi connectivity index (χ1) is 21.2. The number of ether oxygens (including phenoxy) is 4. The molecule has 0 radical (unpaired) electrons. The van der Waals surface area contributed by atoms with E-state index in [1.807, 2.05) is 36.4 Å². The minimum atomic E-state index is -4.71. The number of aliphatic hydroxyl groups is 4. The summed E-state index contributed by atoms with van der Waals surface area (Å²) in [6.45, 7) is 3.94. The van der Waals surface area contributed by atoms with Gasteiger partial charge in [0.2, 0.25) is 0 Å². The molecule has 45 heavy (non-hydrogen) atoms. The molecule has 1 saturated heterocycles. The highest BCUT2D eigenvalue weighted by atomic mass is 79.9. The van der Waals surface area contributed by atoms with Crippen molar-refractivity contribution in [2.75, 3.05) is 44.4 Å². The molecule has 1 aliphatic heterocycles. The van der Waals surface area contributed by atoms with Crippen molar-refractivity contribution < 1.29 is 52.5 Å². The van der Waals surface area contributed by atoms with Crippen LogP contribution >= 0.6 is 15.9 Å². The lowest BCUT2D eigenvalue weighted by Gasteiger charge is -2.33. The molecular weight excluding hydrogens is 663 g/mol. The van der Waals surface area contributed by atoms with E-state index in [2.05, 4.69) is 25.6 Å². The molecular formula is C32H39BrF3NO8. The smallest absolute Gasteiger partial charge is 0.491 e. The van der Waals surface area contributed by atoms with Crippen LogP contribution in [0.3, 0.4) is 0 Å². The van der Waals surface area contributed by atoms with Crippen molar-refractivity contribution in [1.29, 1.82) is 0 Å². The van der Waals surface area contributed by atoms with E-state index in [-0.39, 0.29) is 38.3 Å². The van der Waals surface area contributed by atoms with Gasteiger partial charge in [-0.05, 0) is 86.6 Å². The minimum absolute atomic E-state index is 0.00507. The van der Waals surface area contributed by atoms with Crippen LogP contribution in [0, 0.1) is 0 Å². The van der Waals surface area contributed by atoms with Crippen molar-refractivity contribution in [2.24, 2.45) is 0 Å². The van der Waals surface area contributed by atoms with Crippen molar-refractivity contribution in [2.45, 2.75) is 50.4 Å². The highest BCUT2D eigenvalue weighted by Gasteiger charge is 2.31. The Kier molecular flexibility index (Phi) is 13.2. The molecule has 1 fully saturated rings. The second-order valence-corrected chi connectivity index (χ2v) is 12.1. The van der Waals surface area contributed by atoms with Crippen molar-refractivity contribution in [3.63, 3.8) is 0 Å². The van der Waals surface area contributed by atoms with E-state index < -0.39 is 17.6 Å². The van der Waals surface area contributed by atoms with Gasteiger partial charge in [-0.3, -0.25) is 0 Å². The van der Waals surface area contributed by atoms with Gasteiger partial charge in [0.25, 0.3) is 0 Å². The quantitative estimate of drug-likeness (QED) is 0.199. The molecule has 13 heteroatoms. The number of hydrogen-bond acceptors (Lipinski definition) is 9. The fourth-order valence-electron chi connectivity index (χ4n) is 4.00. The van der Waals surface area contributed by atoms with Gasteiger partial charge in [0.05, 0.1) is 13.2 Å². The van der Waals surface area contributed by atoms with Gasteiger partial charge in [-0.15, -0.1) is 13.2 Å². The van der Waals surface area contributed by atoms with E-state index in [0.717, 1.165) is 36.1 Å². The van der Waals surface area contributed by atoms with Crippen molar-refractivity contribution in [1.82, 2.24) is 0 Å². The van der Waals surface area contributed by atoms with Gasteiger partial charge in [0, 0.05) is 36.1 Å². The lowest BCUT2D eigenvalue weighted by Crippen LogP contribution is -2.38. The monoisotopic (exact) mass is 701 g/mol. The van der Waals surface area contributed by atoms with Crippen molar-refractivity contribution in [3.05, 3.63) is 77.3 Å². The van der Waals surface area contributed by atoms with Crippen LogP contribution in [-0.4, -0.2) is 83.6 Å². The third kappa shape index (κ3) is 13.3. The summed E-state index contributed by atoms with van der Waals surface area (Å²) in [6.07, 6.45) is -3.18. The standard InChI is InChI=1S/C22H26F3NO5.C10H13BrO3/c1-21(28,14-27)15-29-17-4-2-16(3-5-17)26-12-10-19(11-13-26)30-18-6-8-20(9-7-18)31-22(23,24)25;1-10(13,6-12)7-14-9-4-2-8(11)3-5-9/h2-9,19,27-28H,10-15H2,1H3;2-5,12-13H,6-7H2,1H3/t21-;10-/m11/s1. The summed E-state index contributed by atoms with van der Waals surface area (Å²) in [7, 11) is 0. The lowest BCUT2D eigenvalue weighted by atomic mass is 10.1. The zero-order valence-corrected chi connectivity index (χ0v) is 26.6.